The zero-order valence-electron chi connectivity index (χ0n) is 13.7. The van der Waals surface area contributed by atoms with E-state index in [0.29, 0.717) is 24.2 Å². The number of hydrogen-bond acceptors (Lipinski definition) is 4. The van der Waals surface area contributed by atoms with Crippen LogP contribution >= 0.6 is 0 Å². The van der Waals surface area contributed by atoms with Crippen LogP contribution in [0.25, 0.3) is 0 Å². The molecule has 2 fully saturated rings. The van der Waals surface area contributed by atoms with Crippen LogP contribution in [0.15, 0.2) is 18.2 Å². The van der Waals surface area contributed by atoms with Crippen molar-refractivity contribution in [2.45, 2.75) is 44.6 Å². The molecule has 1 heterocycles. The van der Waals surface area contributed by atoms with Gasteiger partial charge in [-0.25, -0.2) is 4.79 Å². The molecule has 0 atom stereocenters. The minimum atomic E-state index is -0.803. The summed E-state index contributed by atoms with van der Waals surface area (Å²) in [6.07, 6.45) is 4.18. The van der Waals surface area contributed by atoms with Gasteiger partial charge in [-0.3, -0.25) is 14.5 Å². The first kappa shape index (κ1) is 16.3. The summed E-state index contributed by atoms with van der Waals surface area (Å²) in [7, 11) is 0. The number of nitrogens with one attached hydrogen (secondary N) is 2. The monoisotopic (exact) mass is 330 g/mol. The molecule has 0 bridgehead atoms. The molecule has 4 amide bonds. The van der Waals surface area contributed by atoms with Crippen molar-refractivity contribution >= 4 is 29.2 Å². The third-order valence-corrected chi connectivity index (χ3v) is 4.79. The Bertz CT molecular complexity index is 695. The maximum atomic E-state index is 12.6. The second-order valence-electron chi connectivity index (χ2n) is 6.59. The summed E-state index contributed by atoms with van der Waals surface area (Å²) >= 11 is 0. The number of nitrogens with zero attached hydrogens (tertiary/aromatic N) is 1. The van der Waals surface area contributed by atoms with E-state index < -0.39 is 17.5 Å². The first-order valence-electron chi connectivity index (χ1n) is 8.21. The van der Waals surface area contributed by atoms with Crippen molar-refractivity contribution in [3.05, 3.63) is 23.8 Å². The number of carbonyl (C=O) groups is 3. The molecule has 2 aliphatic rings. The molecule has 1 aliphatic heterocycles. The van der Waals surface area contributed by atoms with E-state index in [1.54, 1.807) is 18.2 Å². The first-order chi connectivity index (χ1) is 11.4. The van der Waals surface area contributed by atoms with Gasteiger partial charge in [0, 0.05) is 11.4 Å². The van der Waals surface area contributed by atoms with Gasteiger partial charge in [0.15, 0.2) is 0 Å². The van der Waals surface area contributed by atoms with Crippen LogP contribution in [0.5, 0.6) is 0 Å². The van der Waals surface area contributed by atoms with Crippen molar-refractivity contribution in [2.24, 2.45) is 0 Å². The molecular weight excluding hydrogens is 308 g/mol. The molecule has 7 heteroatoms. The molecule has 3 rings (SSSR count). The molecule has 1 aromatic carbocycles. The number of hydrogen-bond donors (Lipinski definition) is 3. The Morgan fingerprint density at radius 1 is 1.29 bits per heavy atom. The molecule has 0 radical (unpaired) electrons. The van der Waals surface area contributed by atoms with Crippen LogP contribution in [0.3, 0.4) is 0 Å². The molecule has 1 saturated heterocycles. The van der Waals surface area contributed by atoms with Gasteiger partial charge in [-0.2, -0.15) is 0 Å². The molecule has 1 saturated carbocycles. The Balaban J connectivity index is 1.69. The molecule has 0 aromatic heterocycles. The average molecular weight is 330 g/mol. The Kier molecular flexibility index (Phi) is 4.17. The summed E-state index contributed by atoms with van der Waals surface area (Å²) in [6.45, 7) is 1.56. The number of anilines is 2. The average Bonchev–Trinajstić information content (AvgIpc) is 2.76. The van der Waals surface area contributed by atoms with Gasteiger partial charge in [0.25, 0.3) is 5.91 Å². The largest absolute Gasteiger partial charge is 0.399 e. The van der Waals surface area contributed by atoms with Crippen LogP contribution < -0.4 is 16.4 Å². The Morgan fingerprint density at radius 3 is 2.71 bits per heavy atom. The van der Waals surface area contributed by atoms with E-state index in [1.165, 1.54) is 0 Å². The zero-order chi connectivity index (χ0) is 17.3. The molecular formula is C17H22N4O3. The van der Waals surface area contributed by atoms with Crippen molar-refractivity contribution in [3.8, 4) is 0 Å². The van der Waals surface area contributed by atoms with Gasteiger partial charge in [-0.15, -0.1) is 0 Å². The molecule has 4 N–H and O–H groups in total. The molecule has 24 heavy (non-hydrogen) atoms. The maximum absolute atomic E-state index is 12.6. The Hall–Kier alpha value is -2.57. The van der Waals surface area contributed by atoms with Gasteiger partial charge >= 0.3 is 6.03 Å². The fraction of sp³-hybridized carbons (Fsp3) is 0.471. The normalized spacial score (nSPS) is 19.5. The van der Waals surface area contributed by atoms with E-state index in [1.807, 2.05) is 6.92 Å². The first-order valence-corrected chi connectivity index (χ1v) is 8.21. The van der Waals surface area contributed by atoms with Crippen LogP contribution in [0.1, 0.15) is 37.7 Å². The third kappa shape index (κ3) is 2.93. The fourth-order valence-corrected chi connectivity index (χ4v) is 3.42. The SMILES string of the molecule is Cc1ccc(N)cc1NC(=O)CN1C(=O)NC2(CCCCC2)C1=O. The topological polar surface area (TPSA) is 105 Å². The van der Waals surface area contributed by atoms with E-state index in [-0.39, 0.29) is 12.5 Å². The van der Waals surface area contributed by atoms with Crippen LogP contribution in [-0.4, -0.2) is 34.8 Å². The van der Waals surface area contributed by atoms with Gasteiger partial charge in [-0.1, -0.05) is 25.3 Å². The van der Waals surface area contributed by atoms with E-state index >= 15 is 0 Å². The number of nitrogen functional groups attached to an aromatic ring is 1. The second-order valence-corrected chi connectivity index (χ2v) is 6.59. The van der Waals surface area contributed by atoms with Crippen LogP contribution in [0, 0.1) is 6.92 Å². The lowest BCUT2D eigenvalue weighted by atomic mass is 9.82. The van der Waals surface area contributed by atoms with E-state index in [2.05, 4.69) is 10.6 Å². The highest BCUT2D eigenvalue weighted by Gasteiger charge is 2.51. The van der Waals surface area contributed by atoms with Crippen molar-refractivity contribution in [3.63, 3.8) is 0 Å². The second kappa shape index (κ2) is 6.14. The summed E-state index contributed by atoms with van der Waals surface area (Å²) in [5, 5.41) is 5.51. The van der Waals surface area contributed by atoms with Crippen LogP contribution in [0.2, 0.25) is 0 Å². The van der Waals surface area contributed by atoms with E-state index in [4.69, 9.17) is 5.73 Å². The van der Waals surface area contributed by atoms with E-state index in [9.17, 15) is 14.4 Å². The number of rotatable bonds is 3. The van der Waals surface area contributed by atoms with Gasteiger partial charge in [-0.05, 0) is 37.5 Å². The number of urea groups is 1. The van der Waals surface area contributed by atoms with Crippen LogP contribution in [-0.2, 0) is 9.59 Å². The van der Waals surface area contributed by atoms with Gasteiger partial charge < -0.3 is 16.4 Å². The molecule has 7 nitrogen and oxygen atoms in total. The number of amides is 4. The molecule has 1 spiro atoms. The highest BCUT2D eigenvalue weighted by Crippen LogP contribution is 2.33. The Labute approximate surface area is 140 Å². The minimum Gasteiger partial charge on any atom is -0.399 e. The third-order valence-electron chi connectivity index (χ3n) is 4.79. The van der Waals surface area contributed by atoms with E-state index in [0.717, 1.165) is 29.7 Å². The molecule has 1 aliphatic carbocycles. The smallest absolute Gasteiger partial charge is 0.325 e. The zero-order valence-corrected chi connectivity index (χ0v) is 13.7. The standard InChI is InChI=1S/C17H22N4O3/c1-11-5-6-12(18)9-13(11)19-14(22)10-21-15(23)17(20-16(21)24)7-3-2-4-8-17/h5-6,9H,2-4,7-8,10,18H2,1H3,(H,19,22)(H,20,24). The lowest BCUT2D eigenvalue weighted by Gasteiger charge is -2.30. The quantitative estimate of drug-likeness (QED) is 0.580. The summed E-state index contributed by atoms with van der Waals surface area (Å²) < 4.78 is 0. The van der Waals surface area contributed by atoms with Gasteiger partial charge in [0.05, 0.1) is 0 Å². The molecule has 0 unspecified atom stereocenters. The lowest BCUT2D eigenvalue weighted by Crippen LogP contribution is -2.48. The number of carbonyl (C=O) groups excluding carboxylic acids is 3. The lowest BCUT2D eigenvalue weighted by molar-refractivity contribution is -0.134. The summed E-state index contributed by atoms with van der Waals surface area (Å²) in [6, 6.07) is 4.72. The predicted octanol–water partition coefficient (Wildman–Crippen LogP) is 1.77. The van der Waals surface area contributed by atoms with Gasteiger partial charge in [0.2, 0.25) is 5.91 Å². The summed E-state index contributed by atoms with van der Waals surface area (Å²) in [5.74, 6) is -0.702. The summed E-state index contributed by atoms with van der Waals surface area (Å²) in [5.41, 5.74) is 6.90. The number of aryl methyl sites for hydroxylation is 1. The Morgan fingerprint density at radius 2 is 2.00 bits per heavy atom. The van der Waals surface area contributed by atoms with Gasteiger partial charge in [0.1, 0.15) is 12.1 Å². The molecule has 128 valence electrons. The minimum absolute atomic E-state index is 0.286. The number of benzene rings is 1. The number of imide groups is 1. The maximum Gasteiger partial charge on any atom is 0.325 e. The van der Waals surface area contributed by atoms with Crippen molar-refractivity contribution in [2.75, 3.05) is 17.6 Å². The van der Waals surface area contributed by atoms with Crippen LogP contribution in [0.4, 0.5) is 16.2 Å². The highest BCUT2D eigenvalue weighted by atomic mass is 16.2. The highest BCUT2D eigenvalue weighted by molar-refractivity contribution is 6.10. The van der Waals surface area contributed by atoms with Crippen molar-refractivity contribution in [1.82, 2.24) is 10.2 Å². The fourth-order valence-electron chi connectivity index (χ4n) is 3.42. The van der Waals surface area contributed by atoms with Crippen molar-refractivity contribution < 1.29 is 14.4 Å². The van der Waals surface area contributed by atoms with Crippen molar-refractivity contribution in [1.29, 1.82) is 0 Å². The summed E-state index contributed by atoms with van der Waals surface area (Å²) in [4.78, 5) is 38.1. The number of nitrogens with two attached hydrogens (primary N) is 1. The molecule has 1 aromatic rings. The predicted molar refractivity (Wildman–Crippen MR) is 90.3 cm³/mol.